The fourth-order valence-corrected chi connectivity index (χ4v) is 11.1. The predicted octanol–water partition coefficient (Wildman–Crippen LogP) is 15.8. The van der Waals surface area contributed by atoms with Crippen LogP contribution in [0.2, 0.25) is 0 Å². The molecule has 1 aliphatic heterocycles. The Morgan fingerprint density at radius 3 is 1.90 bits per heavy atom. The van der Waals surface area contributed by atoms with Gasteiger partial charge >= 0.3 is 0 Å². The van der Waals surface area contributed by atoms with Crippen molar-refractivity contribution >= 4 is 39.2 Å². The first-order chi connectivity index (χ1) is 29.8. The molecule has 0 spiro atoms. The molecular weight excluding hydrogens is 741 g/mol. The fourth-order valence-electron chi connectivity index (χ4n) is 11.1. The van der Waals surface area contributed by atoms with Crippen LogP contribution in [0, 0.1) is 0 Å². The molecule has 0 saturated heterocycles. The Morgan fingerprint density at radius 2 is 1.11 bits per heavy atom. The molecule has 3 aliphatic carbocycles. The van der Waals surface area contributed by atoms with Crippen molar-refractivity contribution in [3.63, 3.8) is 0 Å². The van der Waals surface area contributed by atoms with Crippen LogP contribution in [0.3, 0.4) is 0 Å². The molecule has 1 atom stereocenters. The first kappa shape index (κ1) is 35.8. The van der Waals surface area contributed by atoms with E-state index in [9.17, 15) is 0 Å². The van der Waals surface area contributed by atoms with Crippen LogP contribution in [0.25, 0.3) is 33.0 Å². The highest BCUT2D eigenvalue weighted by Crippen LogP contribution is 2.59. The maximum atomic E-state index is 7.56. The van der Waals surface area contributed by atoms with Crippen LogP contribution in [0.5, 0.6) is 11.5 Å². The Balaban J connectivity index is 1.09. The summed E-state index contributed by atoms with van der Waals surface area (Å²) >= 11 is 0. The van der Waals surface area contributed by atoms with Crippen molar-refractivity contribution in [2.75, 3.05) is 9.80 Å². The molecule has 0 fully saturated rings. The summed E-state index contributed by atoms with van der Waals surface area (Å²) in [4.78, 5) is 4.81. The molecule has 0 bridgehead atoms. The van der Waals surface area contributed by atoms with E-state index in [2.05, 4.69) is 226 Å². The summed E-state index contributed by atoms with van der Waals surface area (Å²) in [7, 11) is 0. The van der Waals surface area contributed by atoms with Crippen molar-refractivity contribution in [1.29, 1.82) is 0 Å². The van der Waals surface area contributed by atoms with E-state index in [-0.39, 0.29) is 10.8 Å². The Hall–Kier alpha value is -7.10. The minimum Gasteiger partial charge on any atom is -0.452 e. The van der Waals surface area contributed by atoms with Crippen LogP contribution in [-0.4, -0.2) is 0 Å². The van der Waals surface area contributed by atoms with Gasteiger partial charge in [-0.05, 0) is 105 Å². The Bertz CT molecular complexity index is 3110. The molecule has 3 nitrogen and oxygen atoms in total. The number of nitrogens with zero attached hydrogens (tertiary/aromatic N) is 2. The van der Waals surface area contributed by atoms with Crippen molar-refractivity contribution in [2.45, 2.75) is 50.9 Å². The predicted molar refractivity (Wildman–Crippen MR) is 253 cm³/mol. The Kier molecular flexibility index (Phi) is 7.75. The first-order valence-corrected chi connectivity index (χ1v) is 21.6. The summed E-state index contributed by atoms with van der Waals surface area (Å²) < 4.78 is 7.56. The van der Waals surface area contributed by atoms with Crippen molar-refractivity contribution in [2.24, 2.45) is 0 Å². The number of hydrogen-bond acceptors (Lipinski definition) is 3. The summed E-state index contributed by atoms with van der Waals surface area (Å²) in [6.45, 7) is 9.54. The third-order valence-electron chi connectivity index (χ3n) is 14.0. The molecular formula is C58H46N2O. The van der Waals surface area contributed by atoms with Crippen LogP contribution in [0.4, 0.5) is 28.4 Å². The van der Waals surface area contributed by atoms with Gasteiger partial charge in [0.1, 0.15) is 0 Å². The van der Waals surface area contributed by atoms with E-state index in [0.29, 0.717) is 5.92 Å². The number of hydrogen-bond donors (Lipinski definition) is 0. The standard InChI is InChI=1S/C58H46N2O/c1-57(2)48-26-13-11-22-42(48)44-32-30-40(35-50(44)57)60(41-31-33-45-43-23-12-14-27-49(43)58(3,4)51(45)36-41)53-34-29-37-17-15-24-46-47-25-16-28-52(55(47)61-56(53)54(37)46)59(38-18-7-5-8-19-38)39-20-9-6-10-21-39/h5-32,34-36,45H,33H2,1-4H3. The van der Waals surface area contributed by atoms with E-state index in [4.69, 9.17) is 4.74 Å². The van der Waals surface area contributed by atoms with E-state index in [0.717, 1.165) is 62.7 Å². The van der Waals surface area contributed by atoms with E-state index in [1.807, 2.05) is 0 Å². The van der Waals surface area contributed by atoms with Crippen molar-refractivity contribution in [3.8, 4) is 33.8 Å². The number of ether oxygens (including phenoxy) is 1. The van der Waals surface area contributed by atoms with Crippen molar-refractivity contribution in [3.05, 3.63) is 222 Å². The zero-order chi connectivity index (χ0) is 41.0. The second kappa shape index (κ2) is 13.2. The van der Waals surface area contributed by atoms with Gasteiger partial charge in [-0.2, -0.15) is 0 Å². The molecule has 0 aromatic heterocycles. The number of rotatable bonds is 6. The molecule has 4 aliphatic rings. The molecule has 0 N–H and O–H groups in total. The van der Waals surface area contributed by atoms with Gasteiger partial charge in [0.05, 0.1) is 11.4 Å². The van der Waals surface area contributed by atoms with Gasteiger partial charge in [0.15, 0.2) is 11.5 Å². The largest absolute Gasteiger partial charge is 0.452 e. The van der Waals surface area contributed by atoms with E-state index in [1.54, 1.807) is 0 Å². The van der Waals surface area contributed by atoms with E-state index >= 15 is 0 Å². The van der Waals surface area contributed by atoms with Gasteiger partial charge < -0.3 is 14.5 Å². The number of benzene rings is 8. The van der Waals surface area contributed by atoms with Crippen molar-refractivity contribution in [1.82, 2.24) is 0 Å². The van der Waals surface area contributed by atoms with E-state index in [1.165, 1.54) is 50.2 Å². The third kappa shape index (κ3) is 5.23. The average Bonchev–Trinajstić information content (AvgIpc) is 3.67. The topological polar surface area (TPSA) is 15.7 Å². The smallest absolute Gasteiger partial charge is 0.160 e. The minimum atomic E-state index is -0.152. The highest BCUT2D eigenvalue weighted by Gasteiger charge is 2.43. The van der Waals surface area contributed by atoms with Crippen LogP contribution < -0.4 is 14.5 Å². The summed E-state index contributed by atoms with van der Waals surface area (Å²) in [5.41, 5.74) is 18.2. The lowest BCUT2D eigenvalue weighted by Gasteiger charge is -2.36. The quantitative estimate of drug-likeness (QED) is 0.167. The van der Waals surface area contributed by atoms with Crippen LogP contribution in [0.15, 0.2) is 199 Å². The van der Waals surface area contributed by atoms with Crippen LogP contribution in [0.1, 0.15) is 62.3 Å². The molecule has 0 amide bonds. The van der Waals surface area contributed by atoms with Crippen molar-refractivity contribution < 1.29 is 4.74 Å². The normalized spacial score (nSPS) is 16.9. The number of allylic oxidation sites excluding steroid dienone is 3. The van der Waals surface area contributed by atoms with Gasteiger partial charge in [0, 0.05) is 50.5 Å². The fraction of sp³-hybridized carbons (Fsp3) is 0.138. The lowest BCUT2D eigenvalue weighted by Crippen LogP contribution is -2.23. The zero-order valence-electron chi connectivity index (χ0n) is 35.0. The SMILES string of the molecule is CC1(C)C2=CC(N(c3ccc4c(c3)C(C)(C)c3ccccc3-4)c3ccc4cccc5c4c3Oc3c-5cccc3N(c3ccccc3)c3ccccc3)=CCC2c2ccccc21. The summed E-state index contributed by atoms with van der Waals surface area (Å²) in [5, 5.41) is 2.29. The number of para-hydroxylation sites is 3. The summed E-state index contributed by atoms with van der Waals surface area (Å²) in [6, 6.07) is 64.1. The van der Waals surface area contributed by atoms with Gasteiger partial charge in [-0.15, -0.1) is 0 Å². The van der Waals surface area contributed by atoms with Gasteiger partial charge in [0.2, 0.25) is 0 Å². The molecule has 1 heterocycles. The highest BCUT2D eigenvalue weighted by atomic mass is 16.5. The number of anilines is 5. The van der Waals surface area contributed by atoms with Gasteiger partial charge in [-0.3, -0.25) is 0 Å². The van der Waals surface area contributed by atoms with Crippen LogP contribution >= 0.6 is 0 Å². The molecule has 8 aromatic rings. The van der Waals surface area contributed by atoms with Gasteiger partial charge in [-0.25, -0.2) is 0 Å². The Morgan fingerprint density at radius 1 is 0.475 bits per heavy atom. The second-order valence-corrected chi connectivity index (χ2v) is 18.0. The van der Waals surface area contributed by atoms with Crippen LogP contribution in [-0.2, 0) is 10.8 Å². The zero-order valence-corrected chi connectivity index (χ0v) is 35.0. The van der Waals surface area contributed by atoms with E-state index < -0.39 is 0 Å². The summed E-state index contributed by atoms with van der Waals surface area (Å²) in [6.07, 6.45) is 5.90. The molecule has 3 heteroatoms. The first-order valence-electron chi connectivity index (χ1n) is 21.6. The maximum Gasteiger partial charge on any atom is 0.160 e. The molecule has 294 valence electrons. The molecule has 12 rings (SSSR count). The average molecular weight is 787 g/mol. The molecule has 61 heavy (non-hydrogen) atoms. The maximum absolute atomic E-state index is 7.56. The molecule has 1 unspecified atom stereocenters. The highest BCUT2D eigenvalue weighted by molar-refractivity contribution is 6.09. The number of fused-ring (bicyclic) bond motifs is 8. The third-order valence-corrected chi connectivity index (χ3v) is 14.0. The van der Waals surface area contributed by atoms with Gasteiger partial charge in [-0.1, -0.05) is 167 Å². The molecule has 8 aromatic carbocycles. The Labute approximate surface area is 358 Å². The monoisotopic (exact) mass is 786 g/mol. The minimum absolute atomic E-state index is 0.0957. The lowest BCUT2D eigenvalue weighted by atomic mass is 9.78. The summed E-state index contributed by atoms with van der Waals surface area (Å²) in [5.74, 6) is 2.07. The molecule has 0 radical (unpaired) electrons. The second-order valence-electron chi connectivity index (χ2n) is 18.0. The lowest BCUT2D eigenvalue weighted by molar-refractivity contribution is 0.489. The van der Waals surface area contributed by atoms with Gasteiger partial charge in [0.25, 0.3) is 0 Å². The molecule has 0 saturated carbocycles.